The van der Waals surface area contributed by atoms with Crippen LogP contribution in [0.2, 0.25) is 0 Å². The summed E-state index contributed by atoms with van der Waals surface area (Å²) in [7, 11) is 0. The zero-order valence-corrected chi connectivity index (χ0v) is 46.1. The lowest BCUT2D eigenvalue weighted by Gasteiger charge is -2.30. The van der Waals surface area contributed by atoms with Gasteiger partial charge in [0.15, 0.2) is 5.96 Å². The largest absolute Gasteiger partial charge is 0.508 e. The van der Waals surface area contributed by atoms with Crippen molar-refractivity contribution in [3.63, 3.8) is 0 Å². The van der Waals surface area contributed by atoms with Crippen molar-refractivity contribution < 1.29 is 68.4 Å². The Labute approximate surface area is 460 Å². The van der Waals surface area contributed by atoms with E-state index in [2.05, 4.69) is 47.5 Å². The minimum absolute atomic E-state index is 0.0106. The van der Waals surface area contributed by atoms with Crippen molar-refractivity contribution >= 4 is 65.2 Å². The third kappa shape index (κ3) is 23.7. The number of aliphatic carboxylic acids is 2. The molecule has 0 aliphatic heterocycles. The summed E-state index contributed by atoms with van der Waals surface area (Å²) in [6.07, 6.45) is -2.41. The molecular formula is C53H82N12O14. The van der Waals surface area contributed by atoms with Gasteiger partial charge in [-0.1, -0.05) is 96.8 Å². The SMILES string of the molecule is CC[C@H](C)[C@H](NC(=O)[C@H](C)N)C(=O)N[C@@H](Cc1ccc(O)cc1)C(=O)N[C@@H](CC(=O)O)C(=O)N[C@H](C(=O)N[C@H](C(=O)N[C@@H](CCCN=C(N)N)C(=O)N[C@@H](Cc1ccccc1)C(=O)N[C@@H](CC(C)C)C(=O)O)[C@@H](C)CC)[C@@H](C)O. The van der Waals surface area contributed by atoms with E-state index in [-0.39, 0.29) is 62.7 Å². The monoisotopic (exact) mass is 1110 g/mol. The summed E-state index contributed by atoms with van der Waals surface area (Å²) < 4.78 is 0. The molecule has 0 spiro atoms. The topological polar surface area (TPSA) is 438 Å². The van der Waals surface area contributed by atoms with E-state index in [1.807, 2.05) is 0 Å². The summed E-state index contributed by atoms with van der Waals surface area (Å²) in [5.41, 5.74) is 17.8. The van der Waals surface area contributed by atoms with Crippen LogP contribution in [0.4, 0.5) is 0 Å². The summed E-state index contributed by atoms with van der Waals surface area (Å²) in [6, 6.07) is 1.00. The highest BCUT2D eigenvalue weighted by Crippen LogP contribution is 2.16. The summed E-state index contributed by atoms with van der Waals surface area (Å²) in [5.74, 6) is -12.1. The molecule has 26 heteroatoms. The summed E-state index contributed by atoms with van der Waals surface area (Å²) in [5, 5.41) is 60.6. The van der Waals surface area contributed by atoms with Gasteiger partial charge in [-0.15, -0.1) is 0 Å². The number of carboxylic acid groups (broad SMARTS) is 2. The highest BCUT2D eigenvalue weighted by molar-refractivity contribution is 5.99. The van der Waals surface area contributed by atoms with Crippen molar-refractivity contribution in [3.8, 4) is 5.75 Å². The van der Waals surface area contributed by atoms with Gasteiger partial charge in [0.05, 0.1) is 18.6 Å². The molecular weight excluding hydrogens is 1030 g/mol. The fourth-order valence-corrected chi connectivity index (χ4v) is 7.92. The molecule has 2 rings (SSSR count). The van der Waals surface area contributed by atoms with Gasteiger partial charge in [0.2, 0.25) is 47.3 Å². The number of guanidine groups is 1. The number of amides is 8. The Morgan fingerprint density at radius 3 is 1.41 bits per heavy atom. The van der Waals surface area contributed by atoms with E-state index < -0.39 is 138 Å². The van der Waals surface area contributed by atoms with Gasteiger partial charge in [-0.2, -0.15) is 0 Å². The van der Waals surface area contributed by atoms with Gasteiger partial charge in [-0.05, 0) is 74.1 Å². The molecule has 0 radical (unpaired) electrons. The van der Waals surface area contributed by atoms with Crippen LogP contribution in [0.1, 0.15) is 105 Å². The van der Waals surface area contributed by atoms with E-state index in [1.54, 1.807) is 71.9 Å². The molecule has 0 bridgehead atoms. The molecule has 2 aromatic carbocycles. The molecule has 2 aromatic rings. The average Bonchev–Trinajstić information content (AvgIpc) is 3.38. The first-order valence-corrected chi connectivity index (χ1v) is 26.3. The third-order valence-electron chi connectivity index (χ3n) is 12.9. The molecule has 0 aliphatic rings. The molecule has 0 saturated heterocycles. The molecule has 8 amide bonds. The summed E-state index contributed by atoms with van der Waals surface area (Å²) in [6.45, 7) is 12.8. The Morgan fingerprint density at radius 2 is 0.949 bits per heavy atom. The van der Waals surface area contributed by atoms with Crippen LogP contribution >= 0.6 is 0 Å². The molecule has 26 nitrogen and oxygen atoms in total. The fraction of sp³-hybridized carbons (Fsp3) is 0.566. The van der Waals surface area contributed by atoms with Crippen LogP contribution in [0, 0.1) is 17.8 Å². The minimum atomic E-state index is -1.95. The van der Waals surface area contributed by atoms with Gasteiger partial charge in [-0.25, -0.2) is 4.79 Å². The number of phenolic OH excluding ortho intramolecular Hbond substituents is 1. The quantitative estimate of drug-likeness (QED) is 0.0216. The second kappa shape index (κ2) is 33.4. The van der Waals surface area contributed by atoms with Crippen LogP contribution in [-0.2, 0) is 60.8 Å². The fourth-order valence-electron chi connectivity index (χ4n) is 7.92. The molecule has 79 heavy (non-hydrogen) atoms. The Balaban J connectivity index is 2.51. The first kappa shape index (κ1) is 67.2. The van der Waals surface area contributed by atoms with Crippen LogP contribution in [0.15, 0.2) is 59.6 Å². The number of aromatic hydroxyl groups is 1. The highest BCUT2D eigenvalue weighted by Gasteiger charge is 2.38. The number of benzene rings is 2. The first-order valence-electron chi connectivity index (χ1n) is 26.3. The lowest BCUT2D eigenvalue weighted by Crippen LogP contribution is -2.63. The number of hydrogen-bond acceptors (Lipinski definition) is 14. The Hall–Kier alpha value is -7.87. The Kier molecular flexibility index (Phi) is 28.5. The normalized spacial score (nSPS) is 15.7. The van der Waals surface area contributed by atoms with Crippen molar-refractivity contribution in [1.29, 1.82) is 0 Å². The average molecular weight is 1110 g/mol. The Bertz CT molecular complexity index is 2400. The van der Waals surface area contributed by atoms with Crippen molar-refractivity contribution in [1.82, 2.24) is 42.5 Å². The minimum Gasteiger partial charge on any atom is -0.508 e. The third-order valence-corrected chi connectivity index (χ3v) is 12.9. The number of carbonyl (C=O) groups is 10. The number of aliphatic imine (C=N–C) groups is 1. The van der Waals surface area contributed by atoms with E-state index >= 15 is 0 Å². The maximum atomic E-state index is 14.4. The van der Waals surface area contributed by atoms with Gasteiger partial charge in [-0.3, -0.25) is 48.1 Å². The summed E-state index contributed by atoms with van der Waals surface area (Å²) >= 11 is 0. The van der Waals surface area contributed by atoms with Crippen LogP contribution in [-0.4, -0.2) is 153 Å². The van der Waals surface area contributed by atoms with E-state index in [0.717, 1.165) is 6.92 Å². The number of phenols is 1. The molecule has 12 atom stereocenters. The van der Waals surface area contributed by atoms with Gasteiger partial charge in [0.25, 0.3) is 0 Å². The number of aliphatic hydroxyl groups is 1. The van der Waals surface area contributed by atoms with Gasteiger partial charge in [0, 0.05) is 19.4 Å². The zero-order chi connectivity index (χ0) is 59.7. The molecule has 18 N–H and O–H groups in total. The number of nitrogens with one attached hydrogen (secondary N) is 8. The number of carbonyl (C=O) groups excluding carboxylic acids is 8. The molecule has 0 unspecified atom stereocenters. The Morgan fingerprint density at radius 1 is 0.532 bits per heavy atom. The number of hydrogen-bond donors (Lipinski definition) is 15. The second-order valence-corrected chi connectivity index (χ2v) is 20.1. The van der Waals surface area contributed by atoms with E-state index in [0.29, 0.717) is 17.5 Å². The van der Waals surface area contributed by atoms with Gasteiger partial charge >= 0.3 is 11.9 Å². The molecule has 0 saturated carbocycles. The first-order chi connectivity index (χ1) is 37.1. The summed E-state index contributed by atoms with van der Waals surface area (Å²) in [4.78, 5) is 139. The number of aliphatic hydroxyl groups excluding tert-OH is 1. The van der Waals surface area contributed by atoms with Crippen molar-refractivity contribution in [2.75, 3.05) is 6.54 Å². The predicted octanol–water partition coefficient (Wildman–Crippen LogP) is -1.47. The lowest BCUT2D eigenvalue weighted by molar-refractivity contribution is -0.143. The van der Waals surface area contributed by atoms with Crippen LogP contribution < -0.4 is 59.7 Å². The van der Waals surface area contributed by atoms with E-state index in [4.69, 9.17) is 17.2 Å². The second-order valence-electron chi connectivity index (χ2n) is 20.1. The number of rotatable bonds is 34. The molecule has 0 fully saturated rings. The maximum Gasteiger partial charge on any atom is 0.326 e. The predicted molar refractivity (Wildman–Crippen MR) is 291 cm³/mol. The van der Waals surface area contributed by atoms with Gasteiger partial charge in [0.1, 0.15) is 54.1 Å². The van der Waals surface area contributed by atoms with Crippen LogP contribution in [0.25, 0.3) is 0 Å². The zero-order valence-electron chi connectivity index (χ0n) is 46.1. The standard InChI is InChI=1S/C53H82N12O14/c1-9-28(5)41(63-44(70)30(7)54)50(76)61-37(25-33-18-20-34(67)21-19-33)46(72)60-38(26-40(68)69)48(74)65-43(31(8)66)51(77)64-42(29(6)10-2)49(75)58-35(17-14-22-57-53(55)56)45(71)59-36(24-32-15-12-11-13-16-32)47(73)62-39(52(78)79)23-27(3)4/h11-13,15-16,18-21,27-31,35-39,41-43,66-67H,9-10,14,17,22-26,54H2,1-8H3,(H,58,75)(H,59,71)(H,60,72)(H,61,76)(H,62,73)(H,63,70)(H,64,77)(H,65,74)(H,68,69)(H,78,79)(H4,55,56,57)/t28-,29-,30-,31+,35-,36-,37-,38-,39-,41-,42-,43-/m0/s1. The molecule has 0 aromatic heterocycles. The molecule has 0 aliphatic carbocycles. The van der Waals surface area contributed by atoms with Crippen molar-refractivity contribution in [2.45, 2.75) is 167 Å². The molecule has 438 valence electrons. The van der Waals surface area contributed by atoms with E-state index in [9.17, 15) is 68.4 Å². The smallest absolute Gasteiger partial charge is 0.326 e. The van der Waals surface area contributed by atoms with Crippen LogP contribution in [0.3, 0.4) is 0 Å². The van der Waals surface area contributed by atoms with Crippen molar-refractivity contribution in [2.24, 2.45) is 39.9 Å². The number of nitrogens with two attached hydrogens (primary N) is 3. The molecule has 0 heterocycles. The van der Waals surface area contributed by atoms with Crippen LogP contribution in [0.5, 0.6) is 5.75 Å². The van der Waals surface area contributed by atoms with Gasteiger partial charge < -0.3 is 80.2 Å². The number of carboxylic acids is 2. The van der Waals surface area contributed by atoms with Crippen molar-refractivity contribution in [3.05, 3.63) is 65.7 Å². The van der Waals surface area contributed by atoms with E-state index in [1.165, 1.54) is 31.2 Å². The number of nitrogens with zero attached hydrogens (tertiary/aromatic N) is 1. The maximum absolute atomic E-state index is 14.4. The lowest BCUT2D eigenvalue weighted by atomic mass is 9.96. The highest BCUT2D eigenvalue weighted by atomic mass is 16.4.